The van der Waals surface area contributed by atoms with Crippen LogP contribution in [-0.4, -0.2) is 28.9 Å². The SMILES string of the molecule is O=C(O)/C=C1/Cc2cc(NC(=O)C(F)(F)F)ccc2C1=O. The number of carboxylic acids is 1. The predicted octanol–water partition coefficient (Wildman–Crippen LogP) is 1.94. The average molecular weight is 299 g/mol. The highest BCUT2D eigenvalue weighted by atomic mass is 19.4. The molecule has 0 radical (unpaired) electrons. The number of anilines is 1. The Labute approximate surface area is 116 Å². The predicted molar refractivity (Wildman–Crippen MR) is 64.9 cm³/mol. The van der Waals surface area contributed by atoms with E-state index in [1.807, 2.05) is 0 Å². The van der Waals surface area contributed by atoms with Gasteiger partial charge < -0.3 is 10.4 Å². The Morgan fingerprint density at radius 1 is 1.29 bits per heavy atom. The van der Waals surface area contributed by atoms with Crippen LogP contribution in [0.4, 0.5) is 18.9 Å². The Hall–Kier alpha value is -2.64. The highest BCUT2D eigenvalue weighted by Crippen LogP contribution is 2.29. The maximum absolute atomic E-state index is 12.1. The normalized spacial score (nSPS) is 16.0. The summed E-state index contributed by atoms with van der Waals surface area (Å²) in [4.78, 5) is 33.2. The zero-order chi connectivity index (χ0) is 15.8. The lowest BCUT2D eigenvalue weighted by atomic mass is 10.1. The zero-order valence-corrected chi connectivity index (χ0v) is 10.3. The molecule has 2 N–H and O–H groups in total. The van der Waals surface area contributed by atoms with Crippen LogP contribution in [0.25, 0.3) is 0 Å². The van der Waals surface area contributed by atoms with E-state index in [-0.39, 0.29) is 23.2 Å². The molecule has 5 nitrogen and oxygen atoms in total. The topological polar surface area (TPSA) is 83.5 Å². The van der Waals surface area contributed by atoms with Gasteiger partial charge in [0.25, 0.3) is 0 Å². The third-order valence-electron chi connectivity index (χ3n) is 2.84. The number of carbonyl (C=O) groups excluding carboxylic acids is 2. The lowest BCUT2D eigenvalue weighted by molar-refractivity contribution is -0.167. The van der Waals surface area contributed by atoms with Crippen molar-refractivity contribution in [2.75, 3.05) is 5.32 Å². The first-order valence-electron chi connectivity index (χ1n) is 5.68. The molecule has 0 spiro atoms. The maximum atomic E-state index is 12.1. The molecule has 0 heterocycles. The minimum atomic E-state index is -5.01. The van der Waals surface area contributed by atoms with Crippen LogP contribution in [-0.2, 0) is 16.0 Å². The van der Waals surface area contributed by atoms with E-state index in [0.29, 0.717) is 5.56 Å². The summed E-state index contributed by atoms with van der Waals surface area (Å²) in [6.45, 7) is 0. The van der Waals surface area contributed by atoms with Gasteiger partial charge in [-0.3, -0.25) is 9.59 Å². The number of nitrogens with one attached hydrogen (secondary N) is 1. The number of Topliss-reactive ketones (excluding diaryl/α,β-unsaturated/α-hetero) is 1. The highest BCUT2D eigenvalue weighted by Gasteiger charge is 2.38. The number of hydrogen-bond donors (Lipinski definition) is 2. The van der Waals surface area contributed by atoms with E-state index in [1.54, 1.807) is 5.32 Å². The Morgan fingerprint density at radius 2 is 1.95 bits per heavy atom. The van der Waals surface area contributed by atoms with Gasteiger partial charge in [-0.25, -0.2) is 4.79 Å². The van der Waals surface area contributed by atoms with Gasteiger partial charge in [-0.1, -0.05) is 0 Å². The zero-order valence-electron chi connectivity index (χ0n) is 10.3. The largest absolute Gasteiger partial charge is 0.478 e. The van der Waals surface area contributed by atoms with Crippen molar-refractivity contribution in [3.8, 4) is 0 Å². The average Bonchev–Trinajstić information content (AvgIpc) is 2.64. The molecule has 0 aliphatic heterocycles. The minimum Gasteiger partial charge on any atom is -0.478 e. The Kier molecular flexibility index (Phi) is 3.54. The summed E-state index contributed by atoms with van der Waals surface area (Å²) in [5.41, 5.74) is 0.511. The summed E-state index contributed by atoms with van der Waals surface area (Å²) in [6, 6.07) is 3.63. The number of amides is 1. The number of hydrogen-bond acceptors (Lipinski definition) is 3. The molecule has 0 aromatic heterocycles. The third kappa shape index (κ3) is 3.10. The number of ketones is 1. The van der Waals surface area contributed by atoms with Crippen molar-refractivity contribution in [1.29, 1.82) is 0 Å². The number of benzene rings is 1. The van der Waals surface area contributed by atoms with Crippen LogP contribution in [0.5, 0.6) is 0 Å². The molecule has 1 aliphatic rings. The quantitative estimate of drug-likeness (QED) is 0.817. The lowest BCUT2D eigenvalue weighted by Gasteiger charge is -2.08. The molecule has 0 atom stereocenters. The Bertz CT molecular complexity index is 676. The first kappa shape index (κ1) is 14.8. The Morgan fingerprint density at radius 3 is 2.52 bits per heavy atom. The molecule has 1 amide bonds. The second kappa shape index (κ2) is 5.04. The molecule has 21 heavy (non-hydrogen) atoms. The lowest BCUT2D eigenvalue weighted by Crippen LogP contribution is -2.29. The summed E-state index contributed by atoms with van der Waals surface area (Å²) in [5.74, 6) is -3.88. The number of carbonyl (C=O) groups is 3. The van der Waals surface area contributed by atoms with Gasteiger partial charge in [0.1, 0.15) is 0 Å². The van der Waals surface area contributed by atoms with Crippen LogP contribution >= 0.6 is 0 Å². The smallest absolute Gasteiger partial charge is 0.471 e. The molecule has 110 valence electrons. The van der Waals surface area contributed by atoms with Gasteiger partial charge in [-0.05, 0) is 23.8 Å². The van der Waals surface area contributed by atoms with Crippen molar-refractivity contribution in [2.45, 2.75) is 12.6 Å². The number of allylic oxidation sites excluding steroid dienone is 1. The van der Waals surface area contributed by atoms with Gasteiger partial charge >= 0.3 is 18.1 Å². The van der Waals surface area contributed by atoms with Crippen molar-refractivity contribution in [1.82, 2.24) is 0 Å². The molecular formula is C13H8F3NO4. The number of rotatable bonds is 2. The van der Waals surface area contributed by atoms with E-state index in [4.69, 9.17) is 5.11 Å². The van der Waals surface area contributed by atoms with E-state index in [1.165, 1.54) is 12.1 Å². The van der Waals surface area contributed by atoms with Crippen LogP contribution < -0.4 is 5.32 Å². The van der Waals surface area contributed by atoms with Crippen LogP contribution in [0.1, 0.15) is 15.9 Å². The number of halogens is 3. The number of alkyl halides is 3. The summed E-state index contributed by atoms with van der Waals surface area (Å²) >= 11 is 0. The summed E-state index contributed by atoms with van der Waals surface area (Å²) in [5, 5.41) is 10.3. The minimum absolute atomic E-state index is 0.00377. The first-order valence-corrected chi connectivity index (χ1v) is 5.68. The third-order valence-corrected chi connectivity index (χ3v) is 2.84. The summed E-state index contributed by atoms with van der Waals surface area (Å²) < 4.78 is 36.4. The summed E-state index contributed by atoms with van der Waals surface area (Å²) in [7, 11) is 0. The van der Waals surface area contributed by atoms with Crippen molar-refractivity contribution in [3.63, 3.8) is 0 Å². The van der Waals surface area contributed by atoms with Crippen molar-refractivity contribution in [3.05, 3.63) is 41.0 Å². The van der Waals surface area contributed by atoms with Crippen LogP contribution in [0.3, 0.4) is 0 Å². The van der Waals surface area contributed by atoms with Gasteiger partial charge in [-0.2, -0.15) is 13.2 Å². The van der Waals surface area contributed by atoms with E-state index in [0.717, 1.165) is 12.1 Å². The van der Waals surface area contributed by atoms with E-state index in [9.17, 15) is 27.6 Å². The number of aliphatic carboxylic acids is 1. The molecule has 1 aromatic carbocycles. The molecule has 1 aliphatic carbocycles. The van der Waals surface area contributed by atoms with E-state index in [2.05, 4.69) is 0 Å². The van der Waals surface area contributed by atoms with Gasteiger partial charge in [-0.15, -0.1) is 0 Å². The van der Waals surface area contributed by atoms with Gasteiger partial charge in [0.15, 0.2) is 5.78 Å². The second-order valence-electron chi connectivity index (χ2n) is 4.34. The number of fused-ring (bicyclic) bond motifs is 1. The molecular weight excluding hydrogens is 291 g/mol. The molecule has 0 bridgehead atoms. The Balaban J connectivity index is 2.26. The maximum Gasteiger partial charge on any atom is 0.471 e. The molecule has 8 heteroatoms. The van der Waals surface area contributed by atoms with Crippen molar-refractivity contribution in [2.24, 2.45) is 0 Å². The fourth-order valence-corrected chi connectivity index (χ4v) is 1.97. The molecule has 0 saturated heterocycles. The fourth-order valence-electron chi connectivity index (χ4n) is 1.97. The molecule has 0 saturated carbocycles. The standard InChI is InChI=1S/C13H8F3NO4/c14-13(15,16)12(21)17-8-1-2-9-6(4-8)3-7(11(9)20)5-10(18)19/h1-2,4-5H,3H2,(H,17,21)(H,18,19)/b7-5-. The monoisotopic (exact) mass is 299 g/mol. The van der Waals surface area contributed by atoms with Crippen LogP contribution in [0.15, 0.2) is 29.8 Å². The van der Waals surface area contributed by atoms with Crippen molar-refractivity contribution >= 4 is 23.3 Å². The van der Waals surface area contributed by atoms with E-state index < -0.39 is 23.8 Å². The second-order valence-corrected chi connectivity index (χ2v) is 4.34. The molecule has 1 aromatic rings. The first-order chi connectivity index (χ1) is 9.68. The van der Waals surface area contributed by atoms with Crippen molar-refractivity contribution < 1.29 is 32.7 Å². The molecule has 0 unspecified atom stereocenters. The highest BCUT2D eigenvalue weighted by molar-refractivity contribution is 6.15. The fraction of sp³-hybridized carbons (Fsp3) is 0.154. The van der Waals surface area contributed by atoms with Gasteiger partial charge in [0.2, 0.25) is 0 Å². The van der Waals surface area contributed by atoms with Crippen LogP contribution in [0, 0.1) is 0 Å². The van der Waals surface area contributed by atoms with Crippen LogP contribution in [0.2, 0.25) is 0 Å². The van der Waals surface area contributed by atoms with Gasteiger partial charge in [0, 0.05) is 29.3 Å². The van der Waals surface area contributed by atoms with E-state index >= 15 is 0 Å². The molecule has 0 fully saturated rings. The summed E-state index contributed by atoms with van der Waals surface area (Å²) in [6.07, 6.45) is -4.25. The van der Waals surface area contributed by atoms with Gasteiger partial charge in [0.05, 0.1) is 0 Å². The number of carboxylic acid groups (broad SMARTS) is 1. The molecule has 2 rings (SSSR count).